The lowest BCUT2D eigenvalue weighted by Crippen LogP contribution is -2.27. The number of Topliss-reactive ketones (excluding diaryl/α,β-unsaturated/α-hetero) is 1. The molecule has 218 valence electrons. The number of ketones is 1. The number of nitrogens with two attached hydrogens (primary N) is 1. The average molecular weight is 577 g/mol. The Morgan fingerprint density at radius 2 is 1.74 bits per heavy atom. The highest BCUT2D eigenvalue weighted by atomic mass is 19.1. The molecule has 42 heavy (non-hydrogen) atoms. The van der Waals surface area contributed by atoms with Crippen molar-refractivity contribution in [3.63, 3.8) is 0 Å². The Morgan fingerprint density at radius 1 is 1.00 bits per heavy atom. The number of benzene rings is 2. The number of hydrogen-bond acceptors (Lipinski definition) is 4. The molecular formula is C32H31F3N4O3. The zero-order valence-corrected chi connectivity index (χ0v) is 23.2. The van der Waals surface area contributed by atoms with Crippen LogP contribution in [0.25, 0.3) is 11.1 Å². The van der Waals surface area contributed by atoms with E-state index in [0.29, 0.717) is 41.8 Å². The maximum atomic E-state index is 14.3. The Kier molecular flexibility index (Phi) is 8.42. The second-order valence-electron chi connectivity index (χ2n) is 10.6. The molecule has 0 fully saturated rings. The Balaban J connectivity index is 1.54. The van der Waals surface area contributed by atoms with Crippen molar-refractivity contribution < 1.29 is 22.8 Å². The molecule has 0 radical (unpaired) electrons. The smallest absolute Gasteiger partial charge is 0.270 e. The average Bonchev–Trinajstić information content (AvgIpc) is 3.22. The van der Waals surface area contributed by atoms with Crippen LogP contribution in [-0.2, 0) is 37.1 Å². The van der Waals surface area contributed by atoms with E-state index in [1.54, 1.807) is 21.5 Å². The topological polar surface area (TPSA) is 100.0 Å². The third kappa shape index (κ3) is 5.93. The van der Waals surface area contributed by atoms with Crippen LogP contribution in [0.5, 0.6) is 0 Å². The van der Waals surface area contributed by atoms with Crippen molar-refractivity contribution in [3.8, 4) is 11.1 Å². The van der Waals surface area contributed by atoms with E-state index in [1.807, 2.05) is 6.92 Å². The monoisotopic (exact) mass is 576 g/mol. The molecule has 2 heterocycles. The van der Waals surface area contributed by atoms with Gasteiger partial charge in [-0.25, -0.2) is 13.2 Å². The molecule has 2 N–H and O–H groups in total. The van der Waals surface area contributed by atoms with Gasteiger partial charge in [-0.1, -0.05) is 12.1 Å². The maximum absolute atomic E-state index is 14.3. The zero-order valence-electron chi connectivity index (χ0n) is 23.2. The predicted molar refractivity (Wildman–Crippen MR) is 152 cm³/mol. The molecule has 0 saturated heterocycles. The molecular weight excluding hydrogens is 545 g/mol. The summed E-state index contributed by atoms with van der Waals surface area (Å²) in [7, 11) is 0. The van der Waals surface area contributed by atoms with Gasteiger partial charge in [0.15, 0.2) is 5.78 Å². The van der Waals surface area contributed by atoms with Crippen LogP contribution in [-0.4, -0.2) is 26.0 Å². The number of pyridine rings is 1. The highest BCUT2D eigenvalue weighted by Crippen LogP contribution is 2.33. The normalized spacial score (nSPS) is 13.5. The third-order valence-corrected chi connectivity index (χ3v) is 7.81. The fourth-order valence-electron chi connectivity index (χ4n) is 5.96. The van der Waals surface area contributed by atoms with E-state index in [-0.39, 0.29) is 36.3 Å². The van der Waals surface area contributed by atoms with Gasteiger partial charge in [-0.2, -0.15) is 0 Å². The van der Waals surface area contributed by atoms with Gasteiger partial charge >= 0.3 is 0 Å². The van der Waals surface area contributed by atoms with Crippen LogP contribution in [0.2, 0.25) is 0 Å². The number of primary amides is 1. The van der Waals surface area contributed by atoms with Gasteiger partial charge < -0.3 is 5.73 Å². The summed E-state index contributed by atoms with van der Waals surface area (Å²) in [4.78, 5) is 43.1. The number of aromatic nitrogens is 3. The summed E-state index contributed by atoms with van der Waals surface area (Å²) in [6.45, 7) is 2.25. The number of fused-ring (bicyclic) bond motifs is 1. The minimum atomic E-state index is -0.932. The van der Waals surface area contributed by atoms with E-state index in [2.05, 4.69) is 4.98 Å². The molecule has 10 heteroatoms. The van der Waals surface area contributed by atoms with Crippen LogP contribution in [0.15, 0.2) is 59.5 Å². The Bertz CT molecular complexity index is 1710. The minimum absolute atomic E-state index is 0.0308. The van der Waals surface area contributed by atoms with E-state index in [0.717, 1.165) is 36.2 Å². The highest BCUT2D eigenvalue weighted by Gasteiger charge is 2.26. The van der Waals surface area contributed by atoms with E-state index in [9.17, 15) is 27.6 Å². The summed E-state index contributed by atoms with van der Waals surface area (Å²) in [6, 6.07) is 10.5. The molecule has 0 bridgehead atoms. The maximum Gasteiger partial charge on any atom is 0.270 e. The molecule has 5 rings (SSSR count). The molecule has 4 aromatic rings. The summed E-state index contributed by atoms with van der Waals surface area (Å²) in [6.07, 6.45) is 4.84. The van der Waals surface area contributed by atoms with Gasteiger partial charge in [-0.05, 0) is 80.5 Å². The van der Waals surface area contributed by atoms with E-state index in [1.165, 1.54) is 30.5 Å². The fraction of sp³-hybridized carbons (Fsp3) is 0.312. The molecule has 0 spiro atoms. The number of rotatable bonds is 10. The van der Waals surface area contributed by atoms with Crippen LogP contribution < -0.4 is 11.3 Å². The van der Waals surface area contributed by atoms with Crippen molar-refractivity contribution in [2.45, 2.75) is 64.5 Å². The van der Waals surface area contributed by atoms with Crippen LogP contribution in [0, 0.1) is 17.5 Å². The van der Waals surface area contributed by atoms with Crippen molar-refractivity contribution in [3.05, 3.63) is 111 Å². The molecule has 7 nitrogen and oxygen atoms in total. The standard InChI is InChI=1S/C32H31F3N4O3/c1-2-38-32(42)26-6-3-4-8-29(26)39(38)18-24(40)15-21(12-19-13-22(33)17-23(34)14-19)30-25(7-5-11-37-30)20-9-10-28(35)27(16-20)31(36)41/h5,7,9-11,13-14,16-17,21H,2-4,6,8,12,15,18H2,1H3,(H2,36,41)/t21-/m1/s1. The van der Waals surface area contributed by atoms with Gasteiger partial charge in [0.1, 0.15) is 17.5 Å². The lowest BCUT2D eigenvalue weighted by atomic mass is 9.86. The summed E-state index contributed by atoms with van der Waals surface area (Å²) in [5.41, 5.74) is 8.41. The van der Waals surface area contributed by atoms with Gasteiger partial charge in [0.05, 0.1) is 17.8 Å². The van der Waals surface area contributed by atoms with Gasteiger partial charge in [-0.3, -0.25) is 28.7 Å². The third-order valence-electron chi connectivity index (χ3n) is 7.81. The van der Waals surface area contributed by atoms with E-state index < -0.39 is 29.3 Å². The highest BCUT2D eigenvalue weighted by molar-refractivity contribution is 5.94. The summed E-state index contributed by atoms with van der Waals surface area (Å²) in [5, 5.41) is 0. The van der Waals surface area contributed by atoms with E-state index >= 15 is 0 Å². The second kappa shape index (κ2) is 12.2. The Hall–Kier alpha value is -4.47. The van der Waals surface area contributed by atoms with Crippen LogP contribution in [0.4, 0.5) is 13.2 Å². The summed E-state index contributed by atoms with van der Waals surface area (Å²) in [5.74, 6) is -4.01. The SMILES string of the molecule is CCn1c(=O)c2c(n1CC(=O)C[C@@H](Cc1cc(F)cc(F)c1)c1ncccc1-c1ccc(F)c(C(N)=O)c1)CCCC2. The van der Waals surface area contributed by atoms with Gasteiger partial charge in [0, 0.05) is 48.0 Å². The summed E-state index contributed by atoms with van der Waals surface area (Å²) < 4.78 is 45.9. The Morgan fingerprint density at radius 3 is 2.45 bits per heavy atom. The minimum Gasteiger partial charge on any atom is -0.366 e. The van der Waals surface area contributed by atoms with Crippen molar-refractivity contribution in [1.82, 2.24) is 14.3 Å². The van der Waals surface area contributed by atoms with E-state index in [4.69, 9.17) is 5.73 Å². The molecule has 0 aliphatic heterocycles. The van der Waals surface area contributed by atoms with Crippen molar-refractivity contribution >= 4 is 11.7 Å². The lowest BCUT2D eigenvalue weighted by Gasteiger charge is -2.21. The number of halogens is 3. The first-order valence-corrected chi connectivity index (χ1v) is 14.0. The molecule has 2 aromatic heterocycles. The first-order valence-electron chi connectivity index (χ1n) is 14.0. The van der Waals surface area contributed by atoms with Gasteiger partial charge in [0.25, 0.3) is 11.5 Å². The second-order valence-corrected chi connectivity index (χ2v) is 10.6. The molecule has 1 aliphatic rings. The first kappa shape index (κ1) is 29.0. The van der Waals surface area contributed by atoms with Crippen molar-refractivity contribution in [2.75, 3.05) is 0 Å². The molecule has 1 aliphatic carbocycles. The molecule has 0 saturated carbocycles. The van der Waals surface area contributed by atoms with Crippen molar-refractivity contribution in [2.24, 2.45) is 5.73 Å². The number of carbonyl (C=O) groups excluding carboxylic acids is 2. The van der Waals surface area contributed by atoms with Gasteiger partial charge in [0.2, 0.25) is 0 Å². The Labute approximate surface area is 240 Å². The van der Waals surface area contributed by atoms with Crippen LogP contribution in [0.3, 0.4) is 0 Å². The largest absolute Gasteiger partial charge is 0.366 e. The number of nitrogens with zero attached hydrogens (tertiary/aromatic N) is 3. The molecule has 1 atom stereocenters. The molecule has 2 aromatic carbocycles. The fourth-order valence-corrected chi connectivity index (χ4v) is 5.96. The van der Waals surface area contributed by atoms with Crippen molar-refractivity contribution in [1.29, 1.82) is 0 Å². The molecule has 1 amide bonds. The van der Waals surface area contributed by atoms with Gasteiger partial charge in [-0.15, -0.1) is 0 Å². The quantitative estimate of drug-likeness (QED) is 0.284. The first-order chi connectivity index (χ1) is 20.2. The lowest BCUT2D eigenvalue weighted by molar-refractivity contribution is -0.120. The predicted octanol–water partition coefficient (Wildman–Crippen LogP) is 5.11. The van der Waals surface area contributed by atoms with Crippen LogP contribution in [0.1, 0.15) is 65.0 Å². The number of amides is 1. The zero-order chi connectivity index (χ0) is 30.0. The number of hydrogen-bond donors (Lipinski definition) is 1. The molecule has 0 unspecified atom stereocenters. The number of carbonyl (C=O) groups is 2. The van der Waals surface area contributed by atoms with Crippen LogP contribution >= 0.6 is 0 Å². The summed E-state index contributed by atoms with van der Waals surface area (Å²) >= 11 is 0.